The number of anilines is 1. The zero-order chi connectivity index (χ0) is 16.4. The van der Waals surface area contributed by atoms with Gasteiger partial charge in [-0.25, -0.2) is 4.98 Å². The fourth-order valence-electron chi connectivity index (χ4n) is 3.42. The van der Waals surface area contributed by atoms with Gasteiger partial charge in [0.05, 0.1) is 12.2 Å². The van der Waals surface area contributed by atoms with Crippen molar-refractivity contribution in [3.05, 3.63) is 40.7 Å². The highest BCUT2D eigenvalue weighted by molar-refractivity contribution is 7.15. The highest BCUT2D eigenvalue weighted by Gasteiger charge is 2.26. The van der Waals surface area contributed by atoms with Crippen LogP contribution in [0.5, 0.6) is 0 Å². The maximum atomic E-state index is 12.5. The zero-order valence-electron chi connectivity index (χ0n) is 13.5. The Labute approximate surface area is 145 Å². The highest BCUT2D eigenvalue weighted by atomic mass is 32.1. The first-order valence-electron chi connectivity index (χ1n) is 8.43. The van der Waals surface area contributed by atoms with Crippen LogP contribution in [0.2, 0.25) is 0 Å². The smallest absolute Gasteiger partial charge is 0.240 e. The molecule has 4 rings (SSSR count). The van der Waals surface area contributed by atoms with E-state index in [0.717, 1.165) is 43.2 Å². The third-order valence-electron chi connectivity index (χ3n) is 4.61. The van der Waals surface area contributed by atoms with Gasteiger partial charge in [0.1, 0.15) is 0 Å². The monoisotopic (exact) mass is 343 g/mol. The summed E-state index contributed by atoms with van der Waals surface area (Å²) in [6.45, 7) is 2.97. The third-order valence-corrected chi connectivity index (χ3v) is 5.69. The van der Waals surface area contributed by atoms with Crippen molar-refractivity contribution in [1.82, 2.24) is 20.2 Å². The van der Waals surface area contributed by atoms with E-state index in [0.29, 0.717) is 6.54 Å². The standard InChI is InChI=1S/C17H21N5OS/c23-16(21-17-20-13-4-1-5-15(13)24-17)11-22-8-7-19-10-14(22)12-3-2-6-18-9-12/h2-3,6,9,14,19H,1,4-5,7-8,10-11H2,(H,20,21,23). The zero-order valence-corrected chi connectivity index (χ0v) is 14.3. The van der Waals surface area contributed by atoms with E-state index in [9.17, 15) is 4.79 Å². The van der Waals surface area contributed by atoms with Crippen LogP contribution in [0.4, 0.5) is 5.13 Å². The minimum absolute atomic E-state index is 0.0122. The number of fused-ring (bicyclic) bond motifs is 1. The molecule has 1 saturated heterocycles. The summed E-state index contributed by atoms with van der Waals surface area (Å²) in [5.74, 6) is 0.0122. The van der Waals surface area contributed by atoms with E-state index >= 15 is 0 Å². The van der Waals surface area contributed by atoms with Gasteiger partial charge in [-0.3, -0.25) is 14.7 Å². The van der Waals surface area contributed by atoms with Crippen LogP contribution in [0, 0.1) is 0 Å². The van der Waals surface area contributed by atoms with Crippen molar-refractivity contribution in [2.75, 3.05) is 31.5 Å². The first-order chi connectivity index (χ1) is 11.8. The van der Waals surface area contributed by atoms with Gasteiger partial charge < -0.3 is 10.6 Å². The average molecular weight is 343 g/mol. The molecular formula is C17H21N5OS. The van der Waals surface area contributed by atoms with Gasteiger partial charge in [0, 0.05) is 42.9 Å². The molecule has 24 heavy (non-hydrogen) atoms. The lowest BCUT2D eigenvalue weighted by atomic mass is 10.1. The van der Waals surface area contributed by atoms with E-state index in [-0.39, 0.29) is 11.9 Å². The second-order valence-corrected chi connectivity index (χ2v) is 7.35. The summed E-state index contributed by atoms with van der Waals surface area (Å²) in [6, 6.07) is 4.19. The van der Waals surface area contributed by atoms with Gasteiger partial charge in [-0.05, 0) is 30.9 Å². The molecule has 2 aliphatic rings. The van der Waals surface area contributed by atoms with Crippen LogP contribution in [0.15, 0.2) is 24.5 Å². The third kappa shape index (κ3) is 3.33. The number of hydrogen-bond donors (Lipinski definition) is 2. The Morgan fingerprint density at radius 3 is 3.25 bits per heavy atom. The van der Waals surface area contributed by atoms with Gasteiger partial charge >= 0.3 is 0 Å². The molecule has 1 aliphatic heterocycles. The maximum Gasteiger partial charge on any atom is 0.240 e. The second-order valence-electron chi connectivity index (χ2n) is 6.27. The Kier molecular flexibility index (Phi) is 4.55. The number of nitrogens with zero attached hydrogens (tertiary/aromatic N) is 3. The van der Waals surface area contributed by atoms with Crippen molar-refractivity contribution in [2.24, 2.45) is 0 Å². The van der Waals surface area contributed by atoms with Gasteiger partial charge in [0.25, 0.3) is 0 Å². The molecule has 2 aromatic rings. The number of thiazole rings is 1. The van der Waals surface area contributed by atoms with E-state index < -0.39 is 0 Å². The number of nitrogens with one attached hydrogen (secondary N) is 2. The fourth-order valence-corrected chi connectivity index (χ4v) is 4.49. The number of hydrogen-bond acceptors (Lipinski definition) is 6. The molecule has 2 N–H and O–H groups in total. The Morgan fingerprint density at radius 2 is 2.42 bits per heavy atom. The van der Waals surface area contributed by atoms with Crippen LogP contribution < -0.4 is 10.6 Å². The van der Waals surface area contributed by atoms with Crippen molar-refractivity contribution < 1.29 is 4.79 Å². The van der Waals surface area contributed by atoms with E-state index in [1.807, 2.05) is 12.3 Å². The summed E-state index contributed by atoms with van der Waals surface area (Å²) in [7, 11) is 0. The fraction of sp³-hybridized carbons (Fsp3) is 0.471. The minimum atomic E-state index is 0.0122. The Morgan fingerprint density at radius 1 is 1.46 bits per heavy atom. The normalized spacial score (nSPS) is 20.8. The van der Waals surface area contributed by atoms with E-state index in [1.165, 1.54) is 17.0 Å². The summed E-state index contributed by atoms with van der Waals surface area (Å²) < 4.78 is 0. The van der Waals surface area contributed by atoms with E-state index in [1.54, 1.807) is 17.5 Å². The van der Waals surface area contributed by atoms with Crippen LogP contribution in [0.3, 0.4) is 0 Å². The molecule has 1 fully saturated rings. The number of rotatable bonds is 4. The number of aryl methyl sites for hydroxylation is 2. The lowest BCUT2D eigenvalue weighted by molar-refractivity contribution is -0.118. The van der Waals surface area contributed by atoms with Crippen molar-refractivity contribution in [2.45, 2.75) is 25.3 Å². The molecule has 6 nitrogen and oxygen atoms in total. The van der Waals surface area contributed by atoms with Crippen LogP contribution in [-0.4, -0.2) is 47.0 Å². The van der Waals surface area contributed by atoms with Crippen LogP contribution in [-0.2, 0) is 17.6 Å². The summed E-state index contributed by atoms with van der Waals surface area (Å²) >= 11 is 1.63. The van der Waals surface area contributed by atoms with Crippen LogP contribution >= 0.6 is 11.3 Å². The number of amides is 1. The number of piperazine rings is 1. The molecule has 0 saturated carbocycles. The summed E-state index contributed by atoms with van der Waals surface area (Å²) in [5, 5.41) is 7.13. The predicted molar refractivity (Wildman–Crippen MR) is 94.2 cm³/mol. The van der Waals surface area contributed by atoms with Gasteiger partial charge in [-0.15, -0.1) is 11.3 Å². The number of aromatic nitrogens is 2. The highest BCUT2D eigenvalue weighted by Crippen LogP contribution is 2.30. The predicted octanol–water partition coefficient (Wildman–Crippen LogP) is 1.61. The molecule has 0 aromatic carbocycles. The molecule has 126 valence electrons. The quantitative estimate of drug-likeness (QED) is 0.883. The summed E-state index contributed by atoms with van der Waals surface area (Å²) in [4.78, 5) is 24.8. The Balaban J connectivity index is 1.41. The second kappa shape index (κ2) is 6.96. The summed E-state index contributed by atoms with van der Waals surface area (Å²) in [5.41, 5.74) is 2.32. The van der Waals surface area contributed by atoms with Crippen molar-refractivity contribution in [1.29, 1.82) is 0 Å². The van der Waals surface area contributed by atoms with Crippen LogP contribution in [0.25, 0.3) is 0 Å². The molecule has 1 aliphatic carbocycles. The average Bonchev–Trinajstić information content (AvgIpc) is 3.17. The molecule has 0 bridgehead atoms. The first kappa shape index (κ1) is 15.7. The van der Waals surface area contributed by atoms with E-state index in [2.05, 4.69) is 31.6 Å². The summed E-state index contributed by atoms with van der Waals surface area (Å²) in [6.07, 6.45) is 6.99. The minimum Gasteiger partial charge on any atom is -0.314 e. The van der Waals surface area contributed by atoms with Gasteiger partial charge in [0.2, 0.25) is 5.91 Å². The molecule has 7 heteroatoms. The van der Waals surface area contributed by atoms with Crippen molar-refractivity contribution in [3.63, 3.8) is 0 Å². The first-order valence-corrected chi connectivity index (χ1v) is 9.24. The lowest BCUT2D eigenvalue weighted by Crippen LogP contribution is -2.48. The molecule has 3 heterocycles. The molecule has 1 amide bonds. The van der Waals surface area contributed by atoms with Crippen molar-refractivity contribution in [3.8, 4) is 0 Å². The SMILES string of the molecule is O=C(CN1CCNCC1c1cccnc1)Nc1nc2c(s1)CCC2. The lowest BCUT2D eigenvalue weighted by Gasteiger charge is -2.35. The van der Waals surface area contributed by atoms with Gasteiger partial charge in [0.15, 0.2) is 5.13 Å². The number of pyridine rings is 1. The largest absolute Gasteiger partial charge is 0.314 e. The number of carbonyl (C=O) groups is 1. The molecule has 1 unspecified atom stereocenters. The molecule has 1 atom stereocenters. The molecular weight excluding hydrogens is 322 g/mol. The molecule has 2 aromatic heterocycles. The molecule has 0 spiro atoms. The van der Waals surface area contributed by atoms with Crippen molar-refractivity contribution >= 4 is 22.4 Å². The Hall–Kier alpha value is -1.83. The number of carbonyl (C=O) groups excluding carboxylic acids is 1. The van der Waals surface area contributed by atoms with E-state index in [4.69, 9.17) is 0 Å². The van der Waals surface area contributed by atoms with Gasteiger partial charge in [-0.1, -0.05) is 6.07 Å². The Bertz CT molecular complexity index is 696. The van der Waals surface area contributed by atoms with Gasteiger partial charge in [-0.2, -0.15) is 0 Å². The topological polar surface area (TPSA) is 70.2 Å². The van der Waals surface area contributed by atoms with Crippen LogP contribution in [0.1, 0.15) is 28.6 Å². The molecule has 0 radical (unpaired) electrons. The maximum absolute atomic E-state index is 12.5.